The zero-order valence-electron chi connectivity index (χ0n) is 15.9. The topological polar surface area (TPSA) is 81.7 Å². The van der Waals surface area contributed by atoms with Crippen LogP contribution in [0.4, 0.5) is 0 Å². The lowest BCUT2D eigenvalue weighted by molar-refractivity contribution is -0.147. The first-order valence-corrected chi connectivity index (χ1v) is 8.80. The Morgan fingerprint density at radius 3 is 2.50 bits per heavy atom. The van der Waals surface area contributed by atoms with Gasteiger partial charge < -0.3 is 14.8 Å². The zero-order valence-corrected chi connectivity index (χ0v) is 15.9. The van der Waals surface area contributed by atoms with Crippen molar-refractivity contribution in [2.75, 3.05) is 13.7 Å². The highest BCUT2D eigenvalue weighted by atomic mass is 16.5. The second-order valence-corrected chi connectivity index (χ2v) is 6.19. The Labute approximate surface area is 164 Å². The van der Waals surface area contributed by atoms with Crippen LogP contribution in [0.25, 0.3) is 6.08 Å². The number of carbonyl (C=O) groups excluding carboxylic acids is 3. The Hall–Kier alpha value is -3.41. The third kappa shape index (κ3) is 7.07. The predicted octanol–water partition coefficient (Wildman–Crippen LogP) is 2.45. The van der Waals surface area contributed by atoms with Gasteiger partial charge in [-0.1, -0.05) is 60.2 Å². The van der Waals surface area contributed by atoms with Gasteiger partial charge in [0, 0.05) is 12.5 Å². The summed E-state index contributed by atoms with van der Waals surface area (Å²) in [7, 11) is 1.25. The van der Waals surface area contributed by atoms with Crippen molar-refractivity contribution in [2.45, 2.75) is 19.4 Å². The van der Waals surface area contributed by atoms with Crippen molar-refractivity contribution < 1.29 is 23.9 Å². The Morgan fingerprint density at radius 2 is 1.82 bits per heavy atom. The molecule has 2 rings (SSSR count). The fourth-order valence-corrected chi connectivity index (χ4v) is 2.54. The van der Waals surface area contributed by atoms with Crippen LogP contribution in [0.2, 0.25) is 0 Å². The normalized spacial score (nSPS) is 11.6. The van der Waals surface area contributed by atoms with Gasteiger partial charge in [-0.15, -0.1) is 0 Å². The molecule has 0 bridgehead atoms. The predicted molar refractivity (Wildman–Crippen MR) is 105 cm³/mol. The van der Waals surface area contributed by atoms with Crippen molar-refractivity contribution >= 4 is 23.9 Å². The van der Waals surface area contributed by atoms with Gasteiger partial charge in [0.05, 0.1) is 7.11 Å². The average Bonchev–Trinajstić information content (AvgIpc) is 2.70. The number of rotatable bonds is 8. The van der Waals surface area contributed by atoms with E-state index in [1.807, 2.05) is 61.5 Å². The summed E-state index contributed by atoms with van der Waals surface area (Å²) in [6.07, 6.45) is 3.14. The van der Waals surface area contributed by atoms with Crippen LogP contribution < -0.4 is 5.32 Å². The lowest BCUT2D eigenvalue weighted by atomic mass is 10.1. The lowest BCUT2D eigenvalue weighted by Gasteiger charge is -2.16. The van der Waals surface area contributed by atoms with E-state index in [-0.39, 0.29) is 6.42 Å². The summed E-state index contributed by atoms with van der Waals surface area (Å²) in [5.74, 6) is -1.79. The monoisotopic (exact) mass is 381 g/mol. The van der Waals surface area contributed by atoms with Crippen LogP contribution >= 0.6 is 0 Å². The Balaban J connectivity index is 1.86. The van der Waals surface area contributed by atoms with E-state index in [1.54, 1.807) is 6.08 Å². The first-order valence-electron chi connectivity index (χ1n) is 8.80. The Kier molecular flexibility index (Phi) is 7.96. The second-order valence-electron chi connectivity index (χ2n) is 6.19. The van der Waals surface area contributed by atoms with E-state index in [1.165, 1.54) is 13.2 Å². The van der Waals surface area contributed by atoms with Gasteiger partial charge in [-0.3, -0.25) is 4.79 Å². The van der Waals surface area contributed by atoms with E-state index in [0.29, 0.717) is 0 Å². The molecular weight excluding hydrogens is 358 g/mol. The molecule has 0 radical (unpaired) electrons. The minimum Gasteiger partial charge on any atom is -0.467 e. The van der Waals surface area contributed by atoms with E-state index in [4.69, 9.17) is 9.47 Å². The first-order chi connectivity index (χ1) is 13.5. The molecule has 2 aromatic carbocycles. The minimum absolute atomic E-state index is 0.278. The highest BCUT2D eigenvalue weighted by Crippen LogP contribution is 2.06. The molecule has 0 saturated carbocycles. The number of ether oxygens (including phenoxy) is 2. The third-order valence-corrected chi connectivity index (χ3v) is 3.90. The molecule has 2 aromatic rings. The van der Waals surface area contributed by atoms with Crippen molar-refractivity contribution in [1.82, 2.24) is 5.32 Å². The standard InChI is InChI=1S/C22H23NO5/c1-16-7-6-10-18(13-16)11-12-21(25)28-15-20(24)23-19(22(26)27-2)14-17-8-4-3-5-9-17/h3-13,19H,14-15H2,1-2H3,(H,23,24)/b12-11+/t19-/m0/s1. The molecule has 0 aromatic heterocycles. The maximum Gasteiger partial charge on any atom is 0.331 e. The molecule has 1 amide bonds. The molecule has 28 heavy (non-hydrogen) atoms. The maximum atomic E-state index is 12.1. The zero-order chi connectivity index (χ0) is 20.4. The van der Waals surface area contributed by atoms with Crippen LogP contribution in [0.1, 0.15) is 16.7 Å². The third-order valence-electron chi connectivity index (χ3n) is 3.90. The SMILES string of the molecule is COC(=O)[C@H](Cc1ccccc1)NC(=O)COC(=O)/C=C/c1cccc(C)c1. The van der Waals surface area contributed by atoms with Gasteiger partial charge >= 0.3 is 11.9 Å². The molecule has 0 unspecified atom stereocenters. The number of nitrogens with one attached hydrogen (secondary N) is 1. The number of esters is 2. The first kappa shape index (κ1) is 20.9. The fourth-order valence-electron chi connectivity index (χ4n) is 2.54. The molecule has 0 aliphatic carbocycles. The summed E-state index contributed by atoms with van der Waals surface area (Å²) in [5, 5.41) is 2.54. The molecule has 0 heterocycles. The fraction of sp³-hybridized carbons (Fsp3) is 0.227. The summed E-state index contributed by atoms with van der Waals surface area (Å²) in [6, 6.07) is 16.0. The van der Waals surface area contributed by atoms with E-state index in [2.05, 4.69) is 5.32 Å². The van der Waals surface area contributed by atoms with Gasteiger partial charge in [-0.05, 0) is 24.1 Å². The molecule has 0 saturated heterocycles. The van der Waals surface area contributed by atoms with Crippen LogP contribution in [-0.4, -0.2) is 37.6 Å². The van der Waals surface area contributed by atoms with Gasteiger partial charge in [0.2, 0.25) is 0 Å². The molecular formula is C22H23NO5. The van der Waals surface area contributed by atoms with Crippen molar-refractivity contribution in [3.05, 3.63) is 77.4 Å². The molecule has 0 aliphatic heterocycles. The number of carbonyl (C=O) groups is 3. The molecule has 0 fully saturated rings. The summed E-state index contributed by atoms with van der Waals surface area (Å²) < 4.78 is 9.67. The highest BCUT2D eigenvalue weighted by molar-refractivity contribution is 5.90. The second kappa shape index (κ2) is 10.7. The Bertz CT molecular complexity index is 845. The quantitative estimate of drug-likeness (QED) is 0.561. The lowest BCUT2D eigenvalue weighted by Crippen LogP contribution is -2.44. The van der Waals surface area contributed by atoms with Crippen LogP contribution in [0, 0.1) is 6.92 Å². The summed E-state index contributed by atoms with van der Waals surface area (Å²) >= 11 is 0. The average molecular weight is 381 g/mol. The molecule has 1 N–H and O–H groups in total. The number of amides is 1. The van der Waals surface area contributed by atoms with Crippen molar-refractivity contribution in [2.24, 2.45) is 0 Å². The summed E-state index contributed by atoms with van der Waals surface area (Å²) in [5.41, 5.74) is 2.80. The van der Waals surface area contributed by atoms with E-state index < -0.39 is 30.5 Å². The smallest absolute Gasteiger partial charge is 0.331 e. The summed E-state index contributed by atoms with van der Waals surface area (Å²) in [4.78, 5) is 35.8. The molecule has 146 valence electrons. The molecule has 1 atom stereocenters. The number of aryl methyl sites for hydroxylation is 1. The van der Waals surface area contributed by atoms with Crippen molar-refractivity contribution in [3.63, 3.8) is 0 Å². The van der Waals surface area contributed by atoms with Crippen LogP contribution in [0.5, 0.6) is 0 Å². The summed E-state index contributed by atoms with van der Waals surface area (Å²) in [6.45, 7) is 1.46. The van der Waals surface area contributed by atoms with Gasteiger partial charge in [-0.2, -0.15) is 0 Å². The van der Waals surface area contributed by atoms with Gasteiger partial charge in [0.25, 0.3) is 5.91 Å². The highest BCUT2D eigenvalue weighted by Gasteiger charge is 2.22. The number of benzene rings is 2. The van der Waals surface area contributed by atoms with E-state index in [0.717, 1.165) is 16.7 Å². The van der Waals surface area contributed by atoms with Crippen molar-refractivity contribution in [1.29, 1.82) is 0 Å². The minimum atomic E-state index is -0.860. The van der Waals surface area contributed by atoms with Gasteiger partial charge in [0.15, 0.2) is 6.61 Å². The van der Waals surface area contributed by atoms with Crippen molar-refractivity contribution in [3.8, 4) is 0 Å². The molecule has 0 aliphatic rings. The largest absolute Gasteiger partial charge is 0.467 e. The van der Waals surface area contributed by atoms with Crippen LogP contribution in [0.3, 0.4) is 0 Å². The van der Waals surface area contributed by atoms with Crippen LogP contribution in [0.15, 0.2) is 60.7 Å². The molecule has 6 heteroatoms. The van der Waals surface area contributed by atoms with Crippen LogP contribution in [-0.2, 0) is 30.3 Å². The van der Waals surface area contributed by atoms with Gasteiger partial charge in [-0.25, -0.2) is 9.59 Å². The molecule has 6 nitrogen and oxygen atoms in total. The number of hydrogen-bond donors (Lipinski definition) is 1. The molecule has 0 spiro atoms. The van der Waals surface area contributed by atoms with E-state index >= 15 is 0 Å². The van der Waals surface area contributed by atoms with E-state index in [9.17, 15) is 14.4 Å². The number of hydrogen-bond acceptors (Lipinski definition) is 5. The van der Waals surface area contributed by atoms with Gasteiger partial charge in [0.1, 0.15) is 6.04 Å². The number of methoxy groups -OCH3 is 1. The maximum absolute atomic E-state index is 12.1. The Morgan fingerprint density at radius 1 is 1.07 bits per heavy atom.